The minimum atomic E-state index is -3.30. The molecule has 0 aromatic carbocycles. The summed E-state index contributed by atoms with van der Waals surface area (Å²) in [6, 6.07) is 0. The molecule has 2 bridgehead atoms. The zero-order valence-corrected chi connectivity index (χ0v) is 10.8. The number of hydrogen-bond acceptors (Lipinski definition) is 3. The zero-order chi connectivity index (χ0) is 11.8. The maximum atomic E-state index is 11.1. The van der Waals surface area contributed by atoms with Gasteiger partial charge in [-0.2, -0.15) is 8.42 Å². The third-order valence-electron chi connectivity index (χ3n) is 3.66. The van der Waals surface area contributed by atoms with Crippen LogP contribution in [-0.4, -0.2) is 21.3 Å². The molecule has 92 valence electrons. The molecule has 0 aromatic heterocycles. The van der Waals surface area contributed by atoms with Gasteiger partial charge in [0.05, 0.1) is 12.9 Å². The molecule has 0 heterocycles. The topological polar surface area (TPSA) is 43.4 Å². The quantitative estimate of drug-likeness (QED) is 0.566. The molecule has 0 radical (unpaired) electrons. The van der Waals surface area contributed by atoms with Crippen molar-refractivity contribution in [2.45, 2.75) is 39.0 Å². The van der Waals surface area contributed by atoms with E-state index in [2.05, 4.69) is 13.0 Å². The Morgan fingerprint density at radius 1 is 1.56 bits per heavy atom. The second-order valence-corrected chi connectivity index (χ2v) is 7.15. The Morgan fingerprint density at radius 2 is 2.31 bits per heavy atom. The van der Waals surface area contributed by atoms with Crippen molar-refractivity contribution in [3.63, 3.8) is 0 Å². The number of fused-ring (bicyclic) bond motifs is 2. The highest BCUT2D eigenvalue weighted by molar-refractivity contribution is 7.85. The lowest BCUT2D eigenvalue weighted by Crippen LogP contribution is -2.35. The van der Waals surface area contributed by atoms with Gasteiger partial charge >= 0.3 is 0 Å². The Morgan fingerprint density at radius 3 is 3.00 bits per heavy atom. The highest BCUT2D eigenvalue weighted by Crippen LogP contribution is 2.48. The molecule has 2 aliphatic rings. The van der Waals surface area contributed by atoms with Crippen molar-refractivity contribution in [2.24, 2.45) is 11.3 Å². The Balaban J connectivity index is 2.09. The van der Waals surface area contributed by atoms with Crippen LogP contribution in [0.4, 0.5) is 0 Å². The summed E-state index contributed by atoms with van der Waals surface area (Å²) in [7, 11) is -3.30. The molecule has 16 heavy (non-hydrogen) atoms. The van der Waals surface area contributed by atoms with Crippen LogP contribution in [0.1, 0.15) is 39.0 Å². The van der Waals surface area contributed by atoms with Crippen LogP contribution < -0.4 is 0 Å². The lowest BCUT2D eigenvalue weighted by atomic mass is 9.64. The van der Waals surface area contributed by atoms with E-state index in [0.29, 0.717) is 12.5 Å². The van der Waals surface area contributed by atoms with Gasteiger partial charge in [0, 0.05) is 0 Å². The summed E-state index contributed by atoms with van der Waals surface area (Å²) in [5, 5.41) is 0. The third-order valence-corrected chi connectivity index (χ3v) is 4.21. The molecule has 4 heteroatoms. The molecule has 0 aromatic rings. The summed E-state index contributed by atoms with van der Waals surface area (Å²) in [4.78, 5) is 0. The van der Waals surface area contributed by atoms with Crippen molar-refractivity contribution in [2.75, 3.05) is 12.9 Å². The second-order valence-electron chi connectivity index (χ2n) is 5.50. The van der Waals surface area contributed by atoms with Crippen LogP contribution in [0.5, 0.6) is 0 Å². The van der Waals surface area contributed by atoms with Gasteiger partial charge in [-0.1, -0.05) is 18.6 Å². The molecule has 0 aliphatic heterocycles. The molecule has 2 unspecified atom stereocenters. The molecule has 2 rings (SSSR count). The van der Waals surface area contributed by atoms with Crippen LogP contribution in [-0.2, 0) is 14.3 Å². The van der Waals surface area contributed by atoms with Gasteiger partial charge in [-0.3, -0.25) is 4.18 Å². The summed E-state index contributed by atoms with van der Waals surface area (Å²) < 4.78 is 27.2. The maximum absolute atomic E-state index is 11.1. The van der Waals surface area contributed by atoms with Crippen molar-refractivity contribution < 1.29 is 12.6 Å². The van der Waals surface area contributed by atoms with Crippen LogP contribution in [0.3, 0.4) is 0 Å². The van der Waals surface area contributed by atoms with Gasteiger partial charge in [0.2, 0.25) is 0 Å². The summed E-state index contributed by atoms with van der Waals surface area (Å²) in [6.07, 6.45) is 9.05. The fourth-order valence-corrected chi connectivity index (χ4v) is 3.69. The summed E-state index contributed by atoms with van der Waals surface area (Å²) in [5.74, 6) is 0.562. The van der Waals surface area contributed by atoms with Crippen molar-refractivity contribution >= 4 is 10.1 Å². The first-order valence-corrected chi connectivity index (χ1v) is 7.74. The first kappa shape index (κ1) is 12.1. The van der Waals surface area contributed by atoms with Gasteiger partial charge in [-0.25, -0.2) is 0 Å². The molecule has 0 saturated heterocycles. The molecule has 0 amide bonds. The Kier molecular flexibility index (Phi) is 3.14. The molecule has 1 saturated carbocycles. The van der Waals surface area contributed by atoms with E-state index >= 15 is 0 Å². The molecular weight excluding hydrogens is 224 g/mol. The van der Waals surface area contributed by atoms with Crippen molar-refractivity contribution in [1.82, 2.24) is 0 Å². The van der Waals surface area contributed by atoms with E-state index in [1.807, 2.05) is 0 Å². The number of rotatable bonds is 3. The summed E-state index contributed by atoms with van der Waals surface area (Å²) in [6.45, 7) is 2.58. The molecule has 0 spiro atoms. The van der Waals surface area contributed by atoms with Gasteiger partial charge in [0.1, 0.15) is 0 Å². The largest absolute Gasteiger partial charge is 0.270 e. The first-order chi connectivity index (χ1) is 7.39. The number of hydrogen-bond donors (Lipinski definition) is 0. The third kappa shape index (κ3) is 2.86. The van der Waals surface area contributed by atoms with Gasteiger partial charge in [0.25, 0.3) is 10.1 Å². The fraction of sp³-hybridized carbons (Fsp3) is 0.833. The smallest absolute Gasteiger partial charge is 0.264 e. The van der Waals surface area contributed by atoms with Gasteiger partial charge in [-0.05, 0) is 43.4 Å². The Labute approximate surface area is 98.0 Å². The molecule has 2 atom stereocenters. The molecule has 0 N–H and O–H groups in total. The van der Waals surface area contributed by atoms with Gasteiger partial charge in [0.15, 0.2) is 0 Å². The highest BCUT2D eigenvalue weighted by Gasteiger charge is 2.39. The zero-order valence-electron chi connectivity index (χ0n) is 10.0. The molecule has 1 fully saturated rings. The van der Waals surface area contributed by atoms with Crippen LogP contribution in [0.15, 0.2) is 11.6 Å². The second kappa shape index (κ2) is 4.15. The minimum absolute atomic E-state index is 0.0881. The van der Waals surface area contributed by atoms with Crippen molar-refractivity contribution in [3.05, 3.63) is 11.6 Å². The average Bonchev–Trinajstić information content (AvgIpc) is 2.13. The van der Waals surface area contributed by atoms with Crippen molar-refractivity contribution in [3.8, 4) is 0 Å². The number of allylic oxidation sites excluding steroid dienone is 2. The predicted molar refractivity (Wildman–Crippen MR) is 63.6 cm³/mol. The van der Waals surface area contributed by atoms with E-state index in [1.54, 1.807) is 0 Å². The minimum Gasteiger partial charge on any atom is -0.270 e. The Bertz CT molecular complexity index is 396. The fourth-order valence-electron chi connectivity index (χ4n) is 3.22. The standard InChI is InChI=1S/C12H20O3S/c1-10-6-11-4-3-5-12(7-10,8-11)9-15-16(2,13)14/h6,10H,3-5,7-9H2,1-2H3. The van der Waals surface area contributed by atoms with E-state index < -0.39 is 10.1 Å². The van der Waals surface area contributed by atoms with E-state index in [9.17, 15) is 8.42 Å². The SMILES string of the molecule is CC1C=C2CCCC(COS(C)(=O)=O)(C2)C1. The van der Waals surface area contributed by atoms with Gasteiger partial charge < -0.3 is 0 Å². The molecule has 3 nitrogen and oxygen atoms in total. The molecule has 2 aliphatic carbocycles. The van der Waals surface area contributed by atoms with Gasteiger partial charge in [-0.15, -0.1) is 0 Å². The van der Waals surface area contributed by atoms with Crippen LogP contribution in [0, 0.1) is 11.3 Å². The van der Waals surface area contributed by atoms with E-state index in [4.69, 9.17) is 4.18 Å². The average molecular weight is 244 g/mol. The summed E-state index contributed by atoms with van der Waals surface area (Å²) >= 11 is 0. The monoisotopic (exact) mass is 244 g/mol. The van der Waals surface area contributed by atoms with Crippen molar-refractivity contribution in [1.29, 1.82) is 0 Å². The predicted octanol–water partition coefficient (Wildman–Crippen LogP) is 2.49. The highest BCUT2D eigenvalue weighted by atomic mass is 32.2. The van der Waals surface area contributed by atoms with E-state index in [-0.39, 0.29) is 5.41 Å². The molecular formula is C12H20O3S. The van der Waals surface area contributed by atoms with Crippen LogP contribution in [0.2, 0.25) is 0 Å². The van der Waals surface area contributed by atoms with Crippen LogP contribution in [0.25, 0.3) is 0 Å². The normalized spacial score (nSPS) is 34.6. The maximum Gasteiger partial charge on any atom is 0.264 e. The lowest BCUT2D eigenvalue weighted by Gasteiger charge is -2.43. The summed E-state index contributed by atoms with van der Waals surface area (Å²) in [5.41, 5.74) is 1.59. The van der Waals surface area contributed by atoms with E-state index in [0.717, 1.165) is 25.5 Å². The Hall–Kier alpha value is -0.350. The first-order valence-electron chi connectivity index (χ1n) is 5.93. The van der Waals surface area contributed by atoms with E-state index in [1.165, 1.54) is 18.4 Å². The van der Waals surface area contributed by atoms with Crippen LogP contribution >= 0.6 is 0 Å². The lowest BCUT2D eigenvalue weighted by molar-refractivity contribution is 0.0910.